The first-order valence-corrected chi connectivity index (χ1v) is 4.62. The van der Waals surface area contributed by atoms with E-state index in [0.717, 1.165) is 5.56 Å². The first-order chi connectivity index (χ1) is 7.36. The van der Waals surface area contributed by atoms with E-state index in [9.17, 15) is 4.79 Å². The zero-order valence-electron chi connectivity index (χ0n) is 8.05. The Bertz CT molecular complexity index is 458. The van der Waals surface area contributed by atoms with E-state index in [-0.39, 0.29) is 5.78 Å². The Morgan fingerprint density at radius 1 is 1.27 bits per heavy atom. The largest absolute Gasteiger partial charge is 0.289 e. The van der Waals surface area contributed by atoms with Gasteiger partial charge in [-0.3, -0.25) is 9.89 Å². The van der Waals surface area contributed by atoms with Crippen LogP contribution in [-0.2, 0) is 0 Å². The number of aromatic nitrogens is 2. The van der Waals surface area contributed by atoms with Crippen LogP contribution in [0.2, 0.25) is 0 Å². The second kappa shape index (κ2) is 4.37. The molecule has 0 amide bonds. The molecule has 0 spiro atoms. The van der Waals surface area contributed by atoms with Gasteiger partial charge in [-0.1, -0.05) is 30.3 Å². The van der Waals surface area contributed by atoms with Gasteiger partial charge < -0.3 is 0 Å². The predicted molar refractivity (Wildman–Crippen MR) is 58.4 cm³/mol. The maximum absolute atomic E-state index is 11.6. The second-order valence-corrected chi connectivity index (χ2v) is 3.10. The lowest BCUT2D eigenvalue weighted by Crippen LogP contribution is -1.92. The molecule has 0 atom stereocenters. The molecule has 1 heterocycles. The summed E-state index contributed by atoms with van der Waals surface area (Å²) in [4.78, 5) is 11.6. The molecule has 0 saturated heterocycles. The van der Waals surface area contributed by atoms with Crippen molar-refractivity contribution in [1.82, 2.24) is 10.2 Å². The number of carbonyl (C=O) groups is 1. The maximum Gasteiger partial charge on any atom is 0.185 e. The number of H-pyrrole nitrogens is 1. The molecule has 3 nitrogen and oxygen atoms in total. The van der Waals surface area contributed by atoms with Gasteiger partial charge in [0.25, 0.3) is 0 Å². The van der Waals surface area contributed by atoms with Crippen molar-refractivity contribution in [1.29, 1.82) is 0 Å². The molecule has 1 aromatic heterocycles. The molecule has 0 saturated carbocycles. The zero-order chi connectivity index (χ0) is 10.5. The van der Waals surface area contributed by atoms with Crippen molar-refractivity contribution in [2.75, 3.05) is 0 Å². The fraction of sp³-hybridized carbons (Fsp3) is 0. The number of aromatic amines is 1. The van der Waals surface area contributed by atoms with E-state index in [2.05, 4.69) is 10.2 Å². The highest BCUT2D eigenvalue weighted by atomic mass is 16.1. The van der Waals surface area contributed by atoms with Crippen molar-refractivity contribution >= 4 is 11.9 Å². The molecule has 74 valence electrons. The molecule has 0 aliphatic heterocycles. The van der Waals surface area contributed by atoms with Crippen molar-refractivity contribution in [3.05, 3.63) is 59.9 Å². The van der Waals surface area contributed by atoms with Crippen LogP contribution in [0.25, 0.3) is 6.08 Å². The molecule has 2 rings (SSSR count). The molecule has 0 bridgehead atoms. The first-order valence-electron chi connectivity index (χ1n) is 4.62. The van der Waals surface area contributed by atoms with Gasteiger partial charge in [-0.05, 0) is 12.2 Å². The van der Waals surface area contributed by atoms with Crippen LogP contribution < -0.4 is 0 Å². The van der Waals surface area contributed by atoms with Crippen LogP contribution in [0.4, 0.5) is 0 Å². The molecule has 15 heavy (non-hydrogen) atoms. The van der Waals surface area contributed by atoms with Crippen LogP contribution in [0, 0.1) is 0 Å². The van der Waals surface area contributed by atoms with E-state index < -0.39 is 0 Å². The van der Waals surface area contributed by atoms with E-state index in [1.807, 2.05) is 18.2 Å². The Balaban J connectivity index is 2.11. The fourth-order valence-corrected chi connectivity index (χ4v) is 1.22. The number of nitrogens with zero attached hydrogens (tertiary/aromatic N) is 1. The summed E-state index contributed by atoms with van der Waals surface area (Å²) in [6.07, 6.45) is 6.67. The van der Waals surface area contributed by atoms with Gasteiger partial charge in [0, 0.05) is 17.3 Å². The Morgan fingerprint density at radius 3 is 2.73 bits per heavy atom. The summed E-state index contributed by atoms with van der Waals surface area (Å²) in [5.41, 5.74) is 1.58. The van der Waals surface area contributed by atoms with Crippen LogP contribution >= 0.6 is 0 Å². The van der Waals surface area contributed by atoms with Gasteiger partial charge >= 0.3 is 0 Å². The van der Waals surface area contributed by atoms with Crippen molar-refractivity contribution in [2.45, 2.75) is 0 Å². The summed E-state index contributed by atoms with van der Waals surface area (Å²) in [6.45, 7) is 0. The predicted octanol–water partition coefficient (Wildman–Crippen LogP) is 2.31. The van der Waals surface area contributed by atoms with Gasteiger partial charge in [0.1, 0.15) is 0 Å². The molecule has 3 heteroatoms. The summed E-state index contributed by atoms with van der Waals surface area (Å²) in [5, 5.41) is 6.47. The van der Waals surface area contributed by atoms with Gasteiger partial charge in [-0.25, -0.2) is 0 Å². The average molecular weight is 198 g/mol. The minimum absolute atomic E-state index is 0.00296. The van der Waals surface area contributed by atoms with Crippen LogP contribution in [0.5, 0.6) is 0 Å². The molecule has 0 unspecified atom stereocenters. The number of benzene rings is 1. The number of ketones is 1. The van der Waals surface area contributed by atoms with E-state index in [0.29, 0.717) is 5.56 Å². The average Bonchev–Trinajstić information content (AvgIpc) is 2.80. The summed E-state index contributed by atoms with van der Waals surface area (Å²) in [5.74, 6) is -0.00296. The van der Waals surface area contributed by atoms with E-state index in [4.69, 9.17) is 0 Å². The SMILES string of the molecule is O=C(C=Cc1cn[nH]c1)c1ccccc1. The van der Waals surface area contributed by atoms with Crippen LogP contribution in [0.15, 0.2) is 48.8 Å². The van der Waals surface area contributed by atoms with Gasteiger partial charge in [-0.15, -0.1) is 0 Å². The van der Waals surface area contributed by atoms with Crippen molar-refractivity contribution < 1.29 is 4.79 Å². The summed E-state index contributed by atoms with van der Waals surface area (Å²) < 4.78 is 0. The number of allylic oxidation sites excluding steroid dienone is 1. The highest BCUT2D eigenvalue weighted by Crippen LogP contribution is 2.03. The highest BCUT2D eigenvalue weighted by Gasteiger charge is 1.98. The molecule has 1 aromatic carbocycles. The lowest BCUT2D eigenvalue weighted by Gasteiger charge is -1.92. The molecule has 0 aliphatic rings. The number of nitrogens with one attached hydrogen (secondary N) is 1. The molecular weight excluding hydrogens is 188 g/mol. The Morgan fingerprint density at radius 2 is 2.07 bits per heavy atom. The Kier molecular flexibility index (Phi) is 2.74. The molecular formula is C12H10N2O. The number of hydrogen-bond acceptors (Lipinski definition) is 2. The van der Waals surface area contributed by atoms with E-state index in [1.165, 1.54) is 0 Å². The number of hydrogen-bond donors (Lipinski definition) is 1. The normalized spacial score (nSPS) is 10.7. The maximum atomic E-state index is 11.6. The van der Waals surface area contributed by atoms with Crippen LogP contribution in [0.1, 0.15) is 15.9 Å². The van der Waals surface area contributed by atoms with Crippen LogP contribution in [0.3, 0.4) is 0 Å². The highest BCUT2D eigenvalue weighted by molar-refractivity contribution is 6.06. The van der Waals surface area contributed by atoms with Crippen molar-refractivity contribution in [3.8, 4) is 0 Å². The zero-order valence-corrected chi connectivity index (χ0v) is 8.05. The molecule has 0 fully saturated rings. The Hall–Kier alpha value is -2.16. The number of rotatable bonds is 3. The third-order valence-corrected chi connectivity index (χ3v) is 2.00. The van der Waals surface area contributed by atoms with Gasteiger partial charge in [0.2, 0.25) is 0 Å². The smallest absolute Gasteiger partial charge is 0.185 e. The Labute approximate surface area is 87.5 Å². The third kappa shape index (κ3) is 2.40. The molecule has 1 N–H and O–H groups in total. The van der Waals surface area contributed by atoms with Crippen molar-refractivity contribution in [3.63, 3.8) is 0 Å². The minimum Gasteiger partial charge on any atom is -0.289 e. The quantitative estimate of drug-likeness (QED) is 0.607. The number of carbonyl (C=O) groups excluding carboxylic acids is 1. The lowest BCUT2D eigenvalue weighted by atomic mass is 10.1. The molecule has 0 aliphatic carbocycles. The monoisotopic (exact) mass is 198 g/mol. The lowest BCUT2D eigenvalue weighted by molar-refractivity contribution is 0.104. The van der Waals surface area contributed by atoms with Gasteiger partial charge in [0.05, 0.1) is 6.20 Å². The second-order valence-electron chi connectivity index (χ2n) is 3.10. The first kappa shape index (κ1) is 9.40. The standard InChI is InChI=1S/C12H10N2O/c15-12(11-4-2-1-3-5-11)7-6-10-8-13-14-9-10/h1-9H,(H,13,14). The molecule has 0 radical (unpaired) electrons. The topological polar surface area (TPSA) is 45.8 Å². The summed E-state index contributed by atoms with van der Waals surface area (Å²) >= 11 is 0. The minimum atomic E-state index is -0.00296. The summed E-state index contributed by atoms with van der Waals surface area (Å²) in [6, 6.07) is 9.17. The fourth-order valence-electron chi connectivity index (χ4n) is 1.22. The van der Waals surface area contributed by atoms with Crippen molar-refractivity contribution in [2.24, 2.45) is 0 Å². The van der Waals surface area contributed by atoms with Crippen LogP contribution in [-0.4, -0.2) is 16.0 Å². The summed E-state index contributed by atoms with van der Waals surface area (Å²) in [7, 11) is 0. The third-order valence-electron chi connectivity index (χ3n) is 2.00. The van der Waals surface area contributed by atoms with Gasteiger partial charge in [-0.2, -0.15) is 5.10 Å². The van der Waals surface area contributed by atoms with E-state index in [1.54, 1.807) is 36.7 Å². The van der Waals surface area contributed by atoms with E-state index >= 15 is 0 Å². The van der Waals surface area contributed by atoms with Gasteiger partial charge in [0.15, 0.2) is 5.78 Å². The molecule has 2 aromatic rings.